The largest absolute Gasteiger partial charge is 0.481 e. The number of hydrogen-bond acceptors (Lipinski definition) is 2. The fourth-order valence-electron chi connectivity index (χ4n) is 0.233. The standard InChI is InChI=1S/C6H13NO2/c7-5-3-1-2-4-6(8)9/h1-5,7H2,(H,8,9)/i1D2,2D2,3D2. The van der Waals surface area contributed by atoms with Crippen LogP contribution >= 0.6 is 0 Å². The van der Waals surface area contributed by atoms with Crippen LogP contribution in [0, 0.1) is 0 Å². The Morgan fingerprint density at radius 3 is 2.67 bits per heavy atom. The van der Waals surface area contributed by atoms with Gasteiger partial charge in [-0.1, -0.05) is 6.37 Å². The molecule has 0 aliphatic heterocycles. The Morgan fingerprint density at radius 1 is 1.56 bits per heavy atom. The lowest BCUT2D eigenvalue weighted by molar-refractivity contribution is -0.137. The summed E-state index contributed by atoms with van der Waals surface area (Å²) in [6, 6.07) is 0. The van der Waals surface area contributed by atoms with Crippen LogP contribution in [-0.4, -0.2) is 17.6 Å². The lowest BCUT2D eigenvalue weighted by atomic mass is 10.2. The van der Waals surface area contributed by atoms with Crippen molar-refractivity contribution in [1.82, 2.24) is 0 Å². The second-order valence-corrected chi connectivity index (χ2v) is 1.25. The molecule has 0 radical (unpaired) electrons. The van der Waals surface area contributed by atoms with E-state index in [1.807, 2.05) is 0 Å². The van der Waals surface area contributed by atoms with Crippen molar-refractivity contribution in [3.8, 4) is 0 Å². The van der Waals surface area contributed by atoms with E-state index < -0.39 is 38.1 Å². The summed E-state index contributed by atoms with van der Waals surface area (Å²) in [5, 5.41) is 8.39. The van der Waals surface area contributed by atoms with Crippen LogP contribution in [-0.2, 0) is 4.79 Å². The molecule has 0 atom stereocenters. The third-order valence-electron chi connectivity index (χ3n) is 0.518. The molecule has 0 heterocycles. The van der Waals surface area contributed by atoms with E-state index in [0.717, 1.165) is 0 Å². The molecule has 3 N–H and O–H groups in total. The van der Waals surface area contributed by atoms with Crippen molar-refractivity contribution in [3.63, 3.8) is 0 Å². The summed E-state index contributed by atoms with van der Waals surface area (Å²) in [4.78, 5) is 10.3. The van der Waals surface area contributed by atoms with Crippen molar-refractivity contribution in [2.24, 2.45) is 5.73 Å². The van der Waals surface area contributed by atoms with Crippen LogP contribution in [0.1, 0.15) is 33.8 Å². The molecular formula is C6H13NO2. The molecule has 9 heavy (non-hydrogen) atoms. The lowest BCUT2D eigenvalue weighted by Crippen LogP contribution is -1.99. The van der Waals surface area contributed by atoms with Gasteiger partial charge in [-0.05, 0) is 19.3 Å². The molecule has 0 saturated heterocycles. The predicted octanol–water partition coefficient (Wildman–Crippen LogP) is 0.590. The number of aliphatic carboxylic acids is 1. The zero-order valence-corrected chi connectivity index (χ0v) is 4.85. The van der Waals surface area contributed by atoms with Crippen molar-refractivity contribution in [2.45, 2.75) is 25.5 Å². The number of nitrogens with two attached hydrogens (primary N) is 1. The second kappa shape index (κ2) is 5.56. The summed E-state index contributed by atoms with van der Waals surface area (Å²) in [7, 11) is 0. The summed E-state index contributed by atoms with van der Waals surface area (Å²) in [5.41, 5.74) is 4.99. The van der Waals surface area contributed by atoms with Gasteiger partial charge in [-0.15, -0.1) is 0 Å². The first-order chi connectivity index (χ1) is 6.48. The first-order valence-corrected chi connectivity index (χ1v) is 2.40. The topological polar surface area (TPSA) is 63.3 Å². The highest BCUT2D eigenvalue weighted by Crippen LogP contribution is 1.97. The third-order valence-corrected chi connectivity index (χ3v) is 0.518. The Morgan fingerprint density at radius 2 is 2.22 bits per heavy atom. The molecule has 54 valence electrons. The molecule has 0 aromatic rings. The second-order valence-electron chi connectivity index (χ2n) is 1.25. The Bertz CT molecular complexity index is 254. The van der Waals surface area contributed by atoms with Gasteiger partial charge < -0.3 is 10.8 Å². The van der Waals surface area contributed by atoms with Gasteiger partial charge in [-0.2, -0.15) is 0 Å². The van der Waals surface area contributed by atoms with Crippen molar-refractivity contribution < 1.29 is 18.1 Å². The van der Waals surface area contributed by atoms with Crippen LogP contribution in [0.15, 0.2) is 0 Å². The minimum absolute atomic E-state index is 0.723. The van der Waals surface area contributed by atoms with E-state index in [-0.39, 0.29) is 0 Å². The average molecular weight is 137 g/mol. The van der Waals surface area contributed by atoms with Gasteiger partial charge in [-0.25, -0.2) is 0 Å². The van der Waals surface area contributed by atoms with Crippen LogP contribution in [0.2, 0.25) is 0 Å². The minimum atomic E-state index is -2.97. The zero-order valence-electron chi connectivity index (χ0n) is 10.8. The smallest absolute Gasteiger partial charge is 0.303 e. The molecule has 0 aromatic heterocycles. The van der Waals surface area contributed by atoms with Crippen molar-refractivity contribution in [1.29, 1.82) is 0 Å². The van der Waals surface area contributed by atoms with E-state index in [1.54, 1.807) is 0 Å². The highest BCUT2D eigenvalue weighted by Gasteiger charge is 1.94. The molecule has 0 amide bonds. The Balaban J connectivity index is 5.08. The monoisotopic (exact) mass is 137 g/mol. The molecule has 3 heteroatoms. The lowest BCUT2D eigenvalue weighted by Gasteiger charge is -1.93. The maximum atomic E-state index is 10.3. The first kappa shape index (κ1) is 2.58. The summed E-state index contributed by atoms with van der Waals surface area (Å²) in [6.07, 6.45) is -9.51. The van der Waals surface area contributed by atoms with Crippen LogP contribution in [0.5, 0.6) is 0 Å². The SMILES string of the molecule is [2H]C([2H])(CN)C([2H])([2H])C([2H])([2H])CC(=O)O. The van der Waals surface area contributed by atoms with Crippen LogP contribution in [0.25, 0.3) is 0 Å². The Labute approximate surface area is 63.3 Å². The maximum Gasteiger partial charge on any atom is 0.303 e. The van der Waals surface area contributed by atoms with Gasteiger partial charge in [0.15, 0.2) is 0 Å². The van der Waals surface area contributed by atoms with Gasteiger partial charge in [0.2, 0.25) is 0 Å². The fraction of sp³-hybridized carbons (Fsp3) is 0.833. The van der Waals surface area contributed by atoms with E-state index in [9.17, 15) is 4.79 Å². The molecule has 0 aliphatic carbocycles. The number of hydrogen-bond donors (Lipinski definition) is 2. The summed E-state index contributed by atoms with van der Waals surface area (Å²) in [6.45, 7) is -0.723. The summed E-state index contributed by atoms with van der Waals surface area (Å²) >= 11 is 0. The molecule has 0 spiro atoms. The highest BCUT2D eigenvalue weighted by atomic mass is 16.4. The third kappa shape index (κ3) is 7.43. The summed E-state index contributed by atoms with van der Waals surface area (Å²) < 4.78 is 43.5. The van der Waals surface area contributed by atoms with Gasteiger partial charge in [0.25, 0.3) is 0 Å². The van der Waals surface area contributed by atoms with Crippen LogP contribution < -0.4 is 5.73 Å². The molecule has 0 aromatic carbocycles. The molecule has 0 bridgehead atoms. The summed E-state index contributed by atoms with van der Waals surface area (Å²) in [5.74, 6) is -1.53. The van der Waals surface area contributed by atoms with E-state index in [1.165, 1.54) is 0 Å². The molecule has 0 aliphatic rings. The number of carbonyl (C=O) groups is 1. The Kier molecular flexibility index (Phi) is 1.60. The molecule has 3 nitrogen and oxygen atoms in total. The molecule has 0 rings (SSSR count). The minimum Gasteiger partial charge on any atom is -0.481 e. The first-order valence-electron chi connectivity index (χ1n) is 5.40. The van der Waals surface area contributed by atoms with Crippen LogP contribution in [0.4, 0.5) is 0 Å². The predicted molar refractivity (Wildman–Crippen MR) is 35.2 cm³/mol. The molecule has 0 unspecified atom stereocenters. The number of rotatable bonds is 5. The van der Waals surface area contributed by atoms with Crippen molar-refractivity contribution in [3.05, 3.63) is 0 Å². The van der Waals surface area contributed by atoms with Gasteiger partial charge in [0, 0.05) is 14.6 Å². The van der Waals surface area contributed by atoms with Gasteiger partial charge >= 0.3 is 5.97 Å². The maximum absolute atomic E-state index is 10.3. The van der Waals surface area contributed by atoms with Crippen molar-refractivity contribution in [2.75, 3.05) is 6.54 Å². The Hall–Kier alpha value is -0.570. The fourth-order valence-corrected chi connectivity index (χ4v) is 0.233. The van der Waals surface area contributed by atoms with Gasteiger partial charge in [-0.3, -0.25) is 4.79 Å². The molecular weight excluding hydrogens is 118 g/mol. The van der Waals surface area contributed by atoms with E-state index >= 15 is 0 Å². The quantitative estimate of drug-likeness (QED) is 0.583. The normalized spacial score (nSPS) is 24.1. The molecule has 0 saturated carbocycles. The average Bonchev–Trinajstić information content (AvgIpc) is 2.01. The number of carboxylic acid groups (broad SMARTS) is 1. The number of carboxylic acids is 1. The highest BCUT2D eigenvalue weighted by molar-refractivity contribution is 5.66. The van der Waals surface area contributed by atoms with Gasteiger partial charge in [0.05, 0.1) is 0 Å². The van der Waals surface area contributed by atoms with E-state index in [4.69, 9.17) is 19.1 Å². The van der Waals surface area contributed by atoms with E-state index in [0.29, 0.717) is 0 Å². The molecule has 0 fully saturated rings. The van der Waals surface area contributed by atoms with E-state index in [2.05, 4.69) is 0 Å². The van der Waals surface area contributed by atoms with Crippen molar-refractivity contribution >= 4 is 5.97 Å². The zero-order chi connectivity index (χ0) is 12.5. The van der Waals surface area contributed by atoms with Crippen LogP contribution in [0.3, 0.4) is 0 Å². The van der Waals surface area contributed by atoms with Gasteiger partial charge in [0.1, 0.15) is 0 Å².